The van der Waals surface area contributed by atoms with Gasteiger partial charge in [-0.1, -0.05) is 6.92 Å². The highest BCUT2D eigenvalue weighted by atomic mass is 32.1. The first-order valence-electron chi connectivity index (χ1n) is 8.04. The second-order valence-corrected chi connectivity index (χ2v) is 7.03. The number of hydrogen-bond donors (Lipinski definition) is 1. The largest absolute Gasteiger partial charge is 0.462 e. The molecule has 136 valence electrons. The zero-order chi connectivity index (χ0) is 18.7. The van der Waals surface area contributed by atoms with Crippen LogP contribution in [0.15, 0.2) is 0 Å². The van der Waals surface area contributed by atoms with Crippen molar-refractivity contribution in [3.8, 4) is 0 Å². The number of amides is 1. The maximum Gasteiger partial charge on any atom is 0.341 e. The Kier molecular flexibility index (Phi) is 5.94. The summed E-state index contributed by atoms with van der Waals surface area (Å²) in [5, 5.41) is 2.77. The van der Waals surface area contributed by atoms with Gasteiger partial charge in [-0.15, -0.1) is 11.3 Å². The van der Waals surface area contributed by atoms with E-state index >= 15 is 0 Å². The summed E-state index contributed by atoms with van der Waals surface area (Å²) in [5.74, 6) is -1.60. The number of esters is 2. The zero-order valence-corrected chi connectivity index (χ0v) is 15.5. The van der Waals surface area contributed by atoms with Crippen LogP contribution in [0.25, 0.3) is 0 Å². The van der Waals surface area contributed by atoms with Gasteiger partial charge in [-0.3, -0.25) is 14.4 Å². The Morgan fingerprint density at radius 1 is 1.24 bits per heavy atom. The third-order valence-corrected chi connectivity index (χ3v) is 5.26. The van der Waals surface area contributed by atoms with Crippen molar-refractivity contribution in [2.24, 2.45) is 11.8 Å². The molecule has 0 aliphatic heterocycles. The van der Waals surface area contributed by atoms with E-state index in [0.717, 1.165) is 17.8 Å². The van der Waals surface area contributed by atoms with Gasteiger partial charge < -0.3 is 14.8 Å². The van der Waals surface area contributed by atoms with Crippen molar-refractivity contribution in [1.29, 1.82) is 0 Å². The molecule has 1 N–H and O–H groups in total. The van der Waals surface area contributed by atoms with Crippen molar-refractivity contribution in [2.45, 2.75) is 34.1 Å². The Bertz CT molecular complexity index is 723. The minimum absolute atomic E-state index is 0.129. The number of carbonyl (C=O) groups is 4. The van der Waals surface area contributed by atoms with Crippen LogP contribution in [0.3, 0.4) is 0 Å². The van der Waals surface area contributed by atoms with Gasteiger partial charge in [0.05, 0.1) is 23.0 Å². The maximum absolute atomic E-state index is 12.1. The Balaban J connectivity index is 2.10. The van der Waals surface area contributed by atoms with E-state index in [0.29, 0.717) is 16.4 Å². The van der Waals surface area contributed by atoms with Gasteiger partial charge in [0, 0.05) is 0 Å². The molecule has 0 saturated heterocycles. The van der Waals surface area contributed by atoms with Crippen molar-refractivity contribution in [3.05, 3.63) is 16.0 Å². The van der Waals surface area contributed by atoms with Gasteiger partial charge in [0.15, 0.2) is 12.4 Å². The smallest absolute Gasteiger partial charge is 0.341 e. The number of hydrogen-bond acceptors (Lipinski definition) is 7. The lowest BCUT2D eigenvalue weighted by atomic mass is 10.1. The lowest BCUT2D eigenvalue weighted by Gasteiger charge is -2.07. The molecule has 0 spiro atoms. The fourth-order valence-electron chi connectivity index (χ4n) is 2.44. The molecule has 0 radical (unpaired) electrons. The van der Waals surface area contributed by atoms with Gasteiger partial charge in [-0.25, -0.2) is 4.79 Å². The first-order valence-corrected chi connectivity index (χ1v) is 8.85. The quantitative estimate of drug-likeness (QED) is 0.587. The van der Waals surface area contributed by atoms with E-state index in [1.165, 1.54) is 6.92 Å². The van der Waals surface area contributed by atoms with E-state index in [-0.39, 0.29) is 34.8 Å². The highest BCUT2D eigenvalue weighted by Crippen LogP contribution is 2.38. The lowest BCUT2D eigenvalue weighted by molar-refractivity contribution is -0.148. The molecule has 0 unspecified atom stereocenters. The molecule has 1 heterocycles. The summed E-state index contributed by atoms with van der Waals surface area (Å²) < 4.78 is 9.97. The monoisotopic (exact) mass is 367 g/mol. The van der Waals surface area contributed by atoms with Gasteiger partial charge in [-0.05, 0) is 38.7 Å². The van der Waals surface area contributed by atoms with E-state index in [1.54, 1.807) is 13.8 Å². The van der Waals surface area contributed by atoms with Crippen LogP contribution in [0.2, 0.25) is 0 Å². The number of thiophene rings is 1. The number of nitrogens with one attached hydrogen (secondary N) is 1. The Labute approximate surface area is 149 Å². The van der Waals surface area contributed by atoms with Crippen LogP contribution < -0.4 is 5.32 Å². The molecule has 2 rings (SSSR count). The van der Waals surface area contributed by atoms with Crippen molar-refractivity contribution in [2.75, 3.05) is 18.5 Å². The summed E-state index contributed by atoms with van der Waals surface area (Å²) in [6, 6.07) is 0. The number of ketones is 1. The summed E-state index contributed by atoms with van der Waals surface area (Å²) in [7, 11) is 0. The van der Waals surface area contributed by atoms with Crippen LogP contribution >= 0.6 is 11.3 Å². The normalized spacial score (nSPS) is 18.4. The molecule has 0 bridgehead atoms. The number of carbonyl (C=O) groups excluding carboxylic acids is 4. The third kappa shape index (κ3) is 4.45. The highest BCUT2D eigenvalue weighted by Gasteiger charge is 2.40. The molecule has 2 atom stereocenters. The maximum atomic E-state index is 12.1. The van der Waals surface area contributed by atoms with Crippen LogP contribution in [0.5, 0.6) is 0 Å². The van der Waals surface area contributed by atoms with Crippen molar-refractivity contribution in [1.82, 2.24) is 0 Å². The summed E-state index contributed by atoms with van der Waals surface area (Å²) in [6.07, 6.45) is 0.777. The molecule has 1 aliphatic rings. The Morgan fingerprint density at radius 3 is 2.40 bits per heavy atom. The van der Waals surface area contributed by atoms with Crippen molar-refractivity contribution in [3.63, 3.8) is 0 Å². The van der Waals surface area contributed by atoms with E-state index in [4.69, 9.17) is 9.47 Å². The molecule has 1 aromatic rings. The molecule has 7 nitrogen and oxygen atoms in total. The van der Waals surface area contributed by atoms with Crippen LogP contribution in [-0.2, 0) is 19.1 Å². The fraction of sp³-hybridized carbons (Fsp3) is 0.529. The van der Waals surface area contributed by atoms with Gasteiger partial charge in [0.2, 0.25) is 0 Å². The molecular formula is C17H21NO6S. The van der Waals surface area contributed by atoms with Gasteiger partial charge in [0.25, 0.3) is 5.91 Å². The molecule has 25 heavy (non-hydrogen) atoms. The molecular weight excluding hydrogens is 346 g/mol. The molecule has 1 amide bonds. The van der Waals surface area contributed by atoms with Gasteiger partial charge >= 0.3 is 11.9 Å². The number of rotatable bonds is 7. The SMILES string of the molecule is CCOC(=O)c1c(NC(=O)COC(=O)[C@@H]2C[C@@H]2C)sc(C(C)=O)c1C. The lowest BCUT2D eigenvalue weighted by Crippen LogP contribution is -2.22. The van der Waals surface area contributed by atoms with E-state index in [9.17, 15) is 19.2 Å². The number of anilines is 1. The van der Waals surface area contributed by atoms with Crippen LogP contribution in [0.4, 0.5) is 5.00 Å². The van der Waals surface area contributed by atoms with Crippen molar-refractivity contribution < 1.29 is 28.7 Å². The van der Waals surface area contributed by atoms with E-state index < -0.39 is 18.5 Å². The average molecular weight is 367 g/mol. The minimum Gasteiger partial charge on any atom is -0.462 e. The topological polar surface area (TPSA) is 98.8 Å². The summed E-state index contributed by atoms with van der Waals surface area (Å²) in [6.45, 7) is 6.36. The highest BCUT2D eigenvalue weighted by molar-refractivity contribution is 7.18. The average Bonchev–Trinajstić information content (AvgIpc) is 3.17. The predicted molar refractivity (Wildman–Crippen MR) is 91.9 cm³/mol. The predicted octanol–water partition coefficient (Wildman–Crippen LogP) is 2.57. The molecule has 1 aliphatic carbocycles. The summed E-state index contributed by atoms with van der Waals surface area (Å²) >= 11 is 1.01. The molecule has 1 fully saturated rings. The molecule has 8 heteroatoms. The van der Waals surface area contributed by atoms with E-state index in [2.05, 4.69) is 5.32 Å². The fourth-order valence-corrected chi connectivity index (χ4v) is 3.55. The molecule has 0 aromatic carbocycles. The zero-order valence-electron chi connectivity index (χ0n) is 14.6. The van der Waals surface area contributed by atoms with Gasteiger partial charge in [0.1, 0.15) is 5.00 Å². The Hall–Kier alpha value is -2.22. The number of Topliss-reactive ketones (excluding diaryl/α,β-unsaturated/α-hetero) is 1. The van der Waals surface area contributed by atoms with Crippen LogP contribution in [0, 0.1) is 18.8 Å². The molecule has 1 saturated carbocycles. The number of ether oxygens (including phenoxy) is 2. The Morgan fingerprint density at radius 2 is 1.88 bits per heavy atom. The van der Waals surface area contributed by atoms with Crippen LogP contribution in [0.1, 0.15) is 52.8 Å². The first-order chi connectivity index (χ1) is 11.8. The second-order valence-electron chi connectivity index (χ2n) is 6.01. The standard InChI is InChI=1S/C17H21NO6S/c1-5-23-17(22)13-9(3)14(10(4)19)25-15(13)18-12(20)7-24-16(21)11-6-8(11)2/h8,11H,5-7H2,1-4H3,(H,18,20)/t8-,11+/m0/s1. The summed E-state index contributed by atoms with van der Waals surface area (Å²) in [4.78, 5) is 47.9. The second kappa shape index (κ2) is 7.77. The molecule has 1 aromatic heterocycles. The third-order valence-electron chi connectivity index (χ3n) is 3.96. The van der Waals surface area contributed by atoms with E-state index in [1.807, 2.05) is 6.92 Å². The minimum atomic E-state index is -0.608. The van der Waals surface area contributed by atoms with Gasteiger partial charge in [-0.2, -0.15) is 0 Å². The van der Waals surface area contributed by atoms with Crippen LogP contribution in [-0.4, -0.2) is 36.8 Å². The first kappa shape index (κ1) is 19.1. The summed E-state index contributed by atoms with van der Waals surface area (Å²) in [5.41, 5.74) is 0.627. The van der Waals surface area contributed by atoms with Crippen molar-refractivity contribution >= 4 is 40.0 Å².